The molecule has 170 valence electrons. The summed E-state index contributed by atoms with van der Waals surface area (Å²) < 4.78 is 26.4. The summed E-state index contributed by atoms with van der Waals surface area (Å²) >= 11 is 0. The maximum atomic E-state index is 12.7. The van der Waals surface area contributed by atoms with Crippen molar-refractivity contribution in [3.63, 3.8) is 0 Å². The van der Waals surface area contributed by atoms with Crippen molar-refractivity contribution in [2.45, 2.75) is 0 Å². The van der Waals surface area contributed by atoms with Crippen LogP contribution in [0.3, 0.4) is 0 Å². The van der Waals surface area contributed by atoms with E-state index in [1.165, 1.54) is 27.4 Å². The Balaban J connectivity index is 1.77. The highest BCUT2D eigenvalue weighted by atomic mass is 16.6. The minimum absolute atomic E-state index is 0.250. The van der Waals surface area contributed by atoms with E-state index in [4.69, 9.17) is 23.7 Å². The monoisotopic (exact) mass is 448 g/mol. The van der Waals surface area contributed by atoms with Crippen LogP contribution in [0.5, 0.6) is 28.7 Å². The van der Waals surface area contributed by atoms with Crippen molar-refractivity contribution in [1.82, 2.24) is 0 Å². The number of esters is 1. The van der Waals surface area contributed by atoms with E-state index in [-0.39, 0.29) is 11.5 Å². The smallest absolute Gasteiger partial charge is 0.343 e. The van der Waals surface area contributed by atoms with Crippen LogP contribution in [0.1, 0.15) is 26.3 Å². The Morgan fingerprint density at radius 1 is 0.667 bits per heavy atom. The van der Waals surface area contributed by atoms with Crippen molar-refractivity contribution >= 4 is 17.8 Å². The first-order valence-electron chi connectivity index (χ1n) is 9.97. The van der Waals surface area contributed by atoms with Gasteiger partial charge in [0.15, 0.2) is 17.3 Å². The van der Waals surface area contributed by atoms with Gasteiger partial charge in [-0.1, -0.05) is 12.1 Å². The molecule has 0 aromatic heterocycles. The molecule has 0 aliphatic heterocycles. The highest BCUT2D eigenvalue weighted by Gasteiger charge is 2.14. The Kier molecular flexibility index (Phi) is 7.70. The second-order valence-electron chi connectivity index (χ2n) is 6.79. The first-order chi connectivity index (χ1) is 16.0. The van der Waals surface area contributed by atoms with Gasteiger partial charge in [-0.3, -0.25) is 4.79 Å². The highest BCUT2D eigenvalue weighted by Crippen LogP contribution is 2.30. The molecule has 3 aromatic rings. The predicted octanol–water partition coefficient (Wildman–Crippen LogP) is 4.84. The van der Waals surface area contributed by atoms with Crippen LogP contribution in [-0.4, -0.2) is 40.2 Å². The second-order valence-corrected chi connectivity index (χ2v) is 6.79. The number of benzene rings is 3. The maximum Gasteiger partial charge on any atom is 0.343 e. The molecular weight excluding hydrogens is 424 g/mol. The van der Waals surface area contributed by atoms with Crippen LogP contribution < -0.4 is 23.7 Å². The normalized spacial score (nSPS) is 10.5. The van der Waals surface area contributed by atoms with Crippen molar-refractivity contribution in [2.24, 2.45) is 0 Å². The van der Waals surface area contributed by atoms with Crippen LogP contribution in [-0.2, 0) is 0 Å². The van der Waals surface area contributed by atoms with E-state index in [9.17, 15) is 9.59 Å². The number of hydrogen-bond acceptors (Lipinski definition) is 7. The molecule has 0 aliphatic carbocycles. The van der Waals surface area contributed by atoms with Crippen LogP contribution >= 0.6 is 0 Å². The zero-order chi connectivity index (χ0) is 23.8. The molecule has 7 nitrogen and oxygen atoms in total. The molecule has 0 N–H and O–H groups in total. The SMILES string of the molecule is COc1ccc(C(=O)Oc2ccc(/C=C/C(=O)c3cc(OC)ccc3OC)cc2OC)cc1. The fraction of sp³-hybridized carbons (Fsp3) is 0.154. The third-order valence-corrected chi connectivity index (χ3v) is 4.82. The molecule has 0 fully saturated rings. The molecule has 3 aromatic carbocycles. The summed E-state index contributed by atoms with van der Waals surface area (Å²) in [6.45, 7) is 0. The molecule has 0 heterocycles. The number of methoxy groups -OCH3 is 4. The zero-order valence-electron chi connectivity index (χ0n) is 18.8. The number of ketones is 1. The lowest BCUT2D eigenvalue weighted by molar-refractivity contribution is 0.0729. The van der Waals surface area contributed by atoms with Crippen molar-refractivity contribution in [2.75, 3.05) is 28.4 Å². The number of ether oxygens (including phenoxy) is 5. The Hall–Kier alpha value is -4.26. The van der Waals surface area contributed by atoms with Gasteiger partial charge in [-0.2, -0.15) is 0 Å². The lowest BCUT2D eigenvalue weighted by Gasteiger charge is -2.10. The third-order valence-electron chi connectivity index (χ3n) is 4.82. The van der Waals surface area contributed by atoms with Gasteiger partial charge in [0.25, 0.3) is 0 Å². The lowest BCUT2D eigenvalue weighted by atomic mass is 10.1. The summed E-state index contributed by atoms with van der Waals surface area (Å²) in [7, 11) is 6.05. The molecule has 0 spiro atoms. The van der Waals surface area contributed by atoms with Crippen molar-refractivity contribution in [1.29, 1.82) is 0 Å². The summed E-state index contributed by atoms with van der Waals surface area (Å²) in [6.07, 6.45) is 3.06. The first kappa shape index (κ1) is 23.4. The molecule has 0 unspecified atom stereocenters. The first-order valence-corrected chi connectivity index (χ1v) is 9.97. The Morgan fingerprint density at radius 2 is 1.30 bits per heavy atom. The van der Waals surface area contributed by atoms with Crippen LogP contribution in [0, 0.1) is 0 Å². The molecule has 0 bridgehead atoms. The number of rotatable bonds is 9. The number of carbonyl (C=O) groups excluding carboxylic acids is 2. The van der Waals surface area contributed by atoms with Crippen molar-refractivity contribution < 1.29 is 33.3 Å². The van der Waals surface area contributed by atoms with Crippen molar-refractivity contribution in [3.8, 4) is 28.7 Å². The van der Waals surface area contributed by atoms with E-state index in [1.54, 1.807) is 73.8 Å². The van der Waals surface area contributed by atoms with Gasteiger partial charge in [-0.15, -0.1) is 0 Å². The minimum Gasteiger partial charge on any atom is -0.497 e. The van der Waals surface area contributed by atoms with Gasteiger partial charge in [-0.05, 0) is 66.2 Å². The molecule has 0 saturated carbocycles. The number of carbonyl (C=O) groups is 2. The standard InChI is InChI=1S/C26H24O7/c1-29-19-9-7-18(8-10-19)26(28)33-24-13-6-17(15-25(24)32-4)5-12-22(27)21-16-20(30-2)11-14-23(21)31-3/h5-16H,1-4H3/b12-5+. The van der Waals surface area contributed by atoms with Gasteiger partial charge in [0.2, 0.25) is 0 Å². The fourth-order valence-corrected chi connectivity index (χ4v) is 3.03. The molecule has 0 amide bonds. The zero-order valence-corrected chi connectivity index (χ0v) is 18.8. The van der Waals surface area contributed by atoms with Crippen molar-refractivity contribution in [3.05, 3.63) is 83.4 Å². The van der Waals surface area contributed by atoms with Gasteiger partial charge in [0, 0.05) is 0 Å². The van der Waals surface area contributed by atoms with E-state index in [0.29, 0.717) is 39.7 Å². The van der Waals surface area contributed by atoms with Crippen LogP contribution in [0.15, 0.2) is 66.7 Å². The van der Waals surface area contributed by atoms with Gasteiger partial charge in [0.1, 0.15) is 17.2 Å². The predicted molar refractivity (Wildman–Crippen MR) is 124 cm³/mol. The van der Waals surface area contributed by atoms with E-state index in [2.05, 4.69) is 0 Å². The average Bonchev–Trinajstić information content (AvgIpc) is 2.87. The fourth-order valence-electron chi connectivity index (χ4n) is 3.03. The molecular formula is C26H24O7. The van der Waals surface area contributed by atoms with Gasteiger partial charge >= 0.3 is 5.97 Å². The molecule has 0 atom stereocenters. The molecule has 33 heavy (non-hydrogen) atoms. The second kappa shape index (κ2) is 10.9. The molecule has 7 heteroatoms. The minimum atomic E-state index is -0.528. The van der Waals surface area contributed by atoms with E-state index in [0.717, 1.165) is 0 Å². The highest BCUT2D eigenvalue weighted by molar-refractivity contribution is 6.09. The topological polar surface area (TPSA) is 80.3 Å². The summed E-state index contributed by atoms with van der Waals surface area (Å²) in [6, 6.07) is 16.6. The Labute approximate surface area is 192 Å². The number of allylic oxidation sites excluding steroid dienone is 1. The van der Waals surface area contributed by atoms with Crippen LogP contribution in [0.4, 0.5) is 0 Å². The molecule has 0 saturated heterocycles. The maximum absolute atomic E-state index is 12.7. The average molecular weight is 448 g/mol. The molecule has 0 aliphatic rings. The summed E-state index contributed by atoms with van der Waals surface area (Å²) in [4.78, 5) is 25.2. The van der Waals surface area contributed by atoms with Gasteiger partial charge < -0.3 is 23.7 Å². The number of hydrogen-bond donors (Lipinski definition) is 0. The summed E-state index contributed by atoms with van der Waals surface area (Å²) in [5, 5.41) is 0. The summed E-state index contributed by atoms with van der Waals surface area (Å²) in [5.74, 6) is 1.48. The van der Waals surface area contributed by atoms with Gasteiger partial charge in [0.05, 0.1) is 39.6 Å². The quantitative estimate of drug-likeness (QED) is 0.201. The lowest BCUT2D eigenvalue weighted by Crippen LogP contribution is -2.09. The summed E-state index contributed by atoms with van der Waals surface area (Å²) in [5.41, 5.74) is 1.44. The van der Waals surface area contributed by atoms with E-state index < -0.39 is 5.97 Å². The largest absolute Gasteiger partial charge is 0.497 e. The van der Waals surface area contributed by atoms with E-state index >= 15 is 0 Å². The van der Waals surface area contributed by atoms with Crippen LogP contribution in [0.2, 0.25) is 0 Å². The Bertz CT molecular complexity index is 1160. The van der Waals surface area contributed by atoms with E-state index in [1.807, 2.05) is 0 Å². The molecule has 0 radical (unpaired) electrons. The Morgan fingerprint density at radius 3 is 1.94 bits per heavy atom. The third kappa shape index (κ3) is 5.71. The van der Waals surface area contributed by atoms with Gasteiger partial charge in [-0.25, -0.2) is 4.79 Å². The molecule has 3 rings (SSSR count). The van der Waals surface area contributed by atoms with Crippen LogP contribution in [0.25, 0.3) is 6.08 Å².